The number of anilines is 1. The number of aromatic nitrogens is 1. The Morgan fingerprint density at radius 3 is 2.37 bits per heavy atom. The molecule has 0 spiro atoms. The zero-order valence-corrected chi connectivity index (χ0v) is 22.5. The summed E-state index contributed by atoms with van der Waals surface area (Å²) >= 11 is 0.909. The van der Waals surface area contributed by atoms with Crippen molar-refractivity contribution in [3.8, 4) is 17.2 Å². The topological polar surface area (TPSA) is 124 Å². The number of esters is 1. The molecule has 0 radical (unpaired) electrons. The van der Waals surface area contributed by atoms with Crippen molar-refractivity contribution in [2.45, 2.75) is 19.9 Å². The molecule has 1 fully saturated rings. The van der Waals surface area contributed by atoms with Gasteiger partial charge in [-0.15, -0.1) is 0 Å². The molecule has 198 valence electrons. The summed E-state index contributed by atoms with van der Waals surface area (Å²) in [5, 5.41) is 11.6. The van der Waals surface area contributed by atoms with E-state index in [2.05, 4.69) is 4.98 Å². The molecule has 3 aromatic rings. The van der Waals surface area contributed by atoms with E-state index in [1.165, 1.54) is 28.4 Å². The van der Waals surface area contributed by atoms with Crippen molar-refractivity contribution < 1.29 is 38.4 Å². The lowest BCUT2D eigenvalue weighted by Gasteiger charge is -2.25. The minimum atomic E-state index is -1.14. The molecule has 0 bridgehead atoms. The van der Waals surface area contributed by atoms with Gasteiger partial charge in [0.25, 0.3) is 5.78 Å². The number of Topliss-reactive ketones (excluding diaryl/α,β-unsaturated/α-hetero) is 1. The third kappa shape index (κ3) is 4.34. The van der Waals surface area contributed by atoms with Crippen molar-refractivity contribution in [3.63, 3.8) is 0 Å². The molecule has 1 saturated heterocycles. The summed E-state index contributed by atoms with van der Waals surface area (Å²) in [6, 6.07) is 8.84. The van der Waals surface area contributed by atoms with Gasteiger partial charge in [0.1, 0.15) is 22.4 Å². The van der Waals surface area contributed by atoms with E-state index in [1.54, 1.807) is 50.2 Å². The van der Waals surface area contributed by atoms with Crippen LogP contribution < -0.4 is 19.1 Å². The zero-order chi connectivity index (χ0) is 27.7. The van der Waals surface area contributed by atoms with Crippen molar-refractivity contribution in [1.29, 1.82) is 0 Å². The maximum Gasteiger partial charge on any atom is 0.350 e. The first-order valence-corrected chi connectivity index (χ1v) is 12.2. The molecule has 0 unspecified atom stereocenters. The van der Waals surface area contributed by atoms with Crippen molar-refractivity contribution in [1.82, 2.24) is 4.98 Å². The van der Waals surface area contributed by atoms with Gasteiger partial charge in [0, 0.05) is 11.1 Å². The number of carbonyl (C=O) groups excluding carboxylic acids is 3. The van der Waals surface area contributed by atoms with E-state index in [9.17, 15) is 19.5 Å². The molecule has 1 amide bonds. The molecular weight excluding hydrogens is 512 g/mol. The highest BCUT2D eigenvalue weighted by Crippen LogP contribution is 2.48. The van der Waals surface area contributed by atoms with E-state index in [1.807, 2.05) is 0 Å². The van der Waals surface area contributed by atoms with Crippen LogP contribution in [0.1, 0.15) is 38.1 Å². The number of amides is 1. The molecule has 1 aliphatic rings. The Morgan fingerprint density at radius 1 is 1.03 bits per heavy atom. The number of aliphatic hydroxyl groups excluding tert-OH is 1. The van der Waals surface area contributed by atoms with Gasteiger partial charge in [-0.3, -0.25) is 14.5 Å². The average Bonchev–Trinajstić information content (AvgIpc) is 3.43. The van der Waals surface area contributed by atoms with Crippen molar-refractivity contribution in [3.05, 3.63) is 69.2 Å². The Morgan fingerprint density at radius 2 is 1.76 bits per heavy atom. The Kier molecular flexibility index (Phi) is 7.40. The highest BCUT2D eigenvalue weighted by Gasteiger charge is 2.49. The third-order valence-corrected chi connectivity index (χ3v) is 7.36. The molecule has 10 nitrogen and oxygen atoms in total. The predicted molar refractivity (Wildman–Crippen MR) is 140 cm³/mol. The number of ketones is 1. The monoisotopic (exact) mass is 538 g/mol. The SMILES string of the molecule is COC(=O)c1sc(N2C(=O)C(=O)C(=C(O)c3ccc(OC)cc3C)[C@H]2c2cccc(OC)c2OC)nc1C. The number of rotatable bonds is 7. The van der Waals surface area contributed by atoms with Crippen LogP contribution in [0.4, 0.5) is 5.13 Å². The quantitative estimate of drug-likeness (QED) is 0.204. The van der Waals surface area contributed by atoms with Gasteiger partial charge in [-0.1, -0.05) is 23.5 Å². The van der Waals surface area contributed by atoms with Crippen LogP contribution in [-0.4, -0.2) is 56.2 Å². The van der Waals surface area contributed by atoms with Gasteiger partial charge in [0.15, 0.2) is 16.6 Å². The molecule has 38 heavy (non-hydrogen) atoms. The number of hydrogen-bond acceptors (Lipinski definition) is 10. The van der Waals surface area contributed by atoms with E-state index in [-0.39, 0.29) is 27.1 Å². The van der Waals surface area contributed by atoms with Gasteiger partial charge in [0.05, 0.1) is 39.7 Å². The van der Waals surface area contributed by atoms with Crippen LogP contribution in [0.3, 0.4) is 0 Å². The maximum atomic E-state index is 13.5. The highest BCUT2D eigenvalue weighted by molar-refractivity contribution is 7.17. The lowest BCUT2D eigenvalue weighted by molar-refractivity contribution is -0.132. The fourth-order valence-corrected chi connectivity index (χ4v) is 5.40. The summed E-state index contributed by atoms with van der Waals surface area (Å²) in [5.74, 6) is -1.63. The van der Waals surface area contributed by atoms with Crippen LogP contribution in [0.5, 0.6) is 17.2 Å². The highest BCUT2D eigenvalue weighted by atomic mass is 32.1. The van der Waals surface area contributed by atoms with E-state index >= 15 is 0 Å². The molecule has 1 N–H and O–H groups in total. The van der Waals surface area contributed by atoms with Crippen molar-refractivity contribution >= 4 is 39.9 Å². The molecule has 1 aromatic heterocycles. The number of thiazole rings is 1. The summed E-state index contributed by atoms with van der Waals surface area (Å²) in [5.41, 5.74) is 1.53. The molecule has 1 atom stereocenters. The number of aliphatic hydroxyl groups is 1. The number of aryl methyl sites for hydroxylation is 2. The standard InChI is InChI=1S/C27H26N2O8S/c1-13-12-15(34-3)10-11-16(13)21(30)19-20(17-8-7-9-18(35-4)23(17)36-5)29(25(32)22(19)31)27-28-14(2)24(38-27)26(33)37-6/h7-12,20,30H,1-6H3/t20-/m1/s1. The van der Waals surface area contributed by atoms with Crippen LogP contribution in [0.2, 0.25) is 0 Å². The number of carbonyl (C=O) groups is 3. The normalized spacial score (nSPS) is 16.5. The van der Waals surface area contributed by atoms with Crippen LogP contribution >= 0.6 is 11.3 Å². The lowest BCUT2D eigenvalue weighted by atomic mass is 9.93. The van der Waals surface area contributed by atoms with Gasteiger partial charge in [-0.2, -0.15) is 0 Å². The van der Waals surface area contributed by atoms with E-state index < -0.39 is 23.7 Å². The van der Waals surface area contributed by atoms with E-state index in [0.717, 1.165) is 16.2 Å². The lowest BCUT2D eigenvalue weighted by Crippen LogP contribution is -2.29. The molecule has 11 heteroatoms. The Balaban J connectivity index is 2.02. The second-order valence-corrected chi connectivity index (χ2v) is 9.31. The number of nitrogens with zero attached hydrogens (tertiary/aromatic N) is 2. The Hall–Kier alpha value is -4.38. The van der Waals surface area contributed by atoms with E-state index in [0.29, 0.717) is 33.9 Å². The first-order chi connectivity index (χ1) is 18.2. The second-order valence-electron chi connectivity index (χ2n) is 8.34. The second kappa shape index (κ2) is 10.5. The number of para-hydroxylation sites is 1. The number of methoxy groups -OCH3 is 4. The van der Waals surface area contributed by atoms with Crippen LogP contribution in [0.15, 0.2) is 42.0 Å². The van der Waals surface area contributed by atoms with Crippen LogP contribution in [0, 0.1) is 13.8 Å². The van der Waals surface area contributed by atoms with Gasteiger partial charge in [-0.05, 0) is 43.7 Å². The van der Waals surface area contributed by atoms with Crippen molar-refractivity contribution in [2.24, 2.45) is 0 Å². The van der Waals surface area contributed by atoms with Crippen LogP contribution in [0.25, 0.3) is 5.76 Å². The van der Waals surface area contributed by atoms with Gasteiger partial charge in [-0.25, -0.2) is 9.78 Å². The molecular formula is C27H26N2O8S. The number of benzene rings is 2. The smallest absolute Gasteiger partial charge is 0.350 e. The number of ether oxygens (including phenoxy) is 4. The molecule has 0 saturated carbocycles. The van der Waals surface area contributed by atoms with Crippen LogP contribution in [-0.2, 0) is 14.3 Å². The summed E-state index contributed by atoms with van der Waals surface area (Å²) < 4.78 is 21.2. The minimum Gasteiger partial charge on any atom is -0.507 e. The first-order valence-electron chi connectivity index (χ1n) is 11.4. The predicted octanol–water partition coefficient (Wildman–Crippen LogP) is 4.20. The third-order valence-electron chi connectivity index (χ3n) is 6.22. The van der Waals surface area contributed by atoms with Crippen molar-refractivity contribution in [2.75, 3.05) is 33.3 Å². The van der Waals surface area contributed by atoms with Gasteiger partial charge >= 0.3 is 11.9 Å². The minimum absolute atomic E-state index is 0.0883. The summed E-state index contributed by atoms with van der Waals surface area (Å²) in [7, 11) is 5.66. The van der Waals surface area contributed by atoms with Gasteiger partial charge < -0.3 is 24.1 Å². The summed E-state index contributed by atoms with van der Waals surface area (Å²) in [6.45, 7) is 3.35. The molecule has 2 aromatic carbocycles. The Bertz CT molecular complexity index is 1480. The number of hydrogen-bond donors (Lipinski definition) is 1. The largest absolute Gasteiger partial charge is 0.507 e. The fourth-order valence-electron chi connectivity index (χ4n) is 4.39. The molecule has 0 aliphatic carbocycles. The van der Waals surface area contributed by atoms with E-state index in [4.69, 9.17) is 18.9 Å². The molecule has 2 heterocycles. The molecule has 4 rings (SSSR count). The summed E-state index contributed by atoms with van der Waals surface area (Å²) in [4.78, 5) is 45.1. The Labute approximate surface area is 223 Å². The zero-order valence-electron chi connectivity index (χ0n) is 21.6. The fraction of sp³-hybridized carbons (Fsp3) is 0.259. The summed E-state index contributed by atoms with van der Waals surface area (Å²) in [6.07, 6.45) is 0. The molecule has 1 aliphatic heterocycles. The van der Waals surface area contributed by atoms with Gasteiger partial charge in [0.2, 0.25) is 0 Å². The maximum absolute atomic E-state index is 13.5. The average molecular weight is 539 g/mol. The first kappa shape index (κ1) is 26.7.